The van der Waals surface area contributed by atoms with Crippen molar-refractivity contribution in [1.82, 2.24) is 25.6 Å². The Morgan fingerprint density at radius 1 is 1.09 bits per heavy atom. The zero-order valence-corrected chi connectivity index (χ0v) is 19.1. The lowest BCUT2D eigenvalue weighted by molar-refractivity contribution is 0.102. The molecule has 2 N–H and O–H groups in total. The van der Waals surface area contributed by atoms with Gasteiger partial charge in [0.15, 0.2) is 0 Å². The molecule has 0 aliphatic carbocycles. The number of aromatic amines is 1. The average Bonchev–Trinajstić information content (AvgIpc) is 3.30. The van der Waals surface area contributed by atoms with E-state index in [1.165, 1.54) is 0 Å². The third-order valence-electron chi connectivity index (χ3n) is 4.64. The number of aromatic nitrogens is 5. The number of hydrogen-bond donors (Lipinski definition) is 2. The molecule has 0 atom stereocenters. The first-order valence-electron chi connectivity index (χ1n) is 9.74. The van der Waals surface area contributed by atoms with Crippen LogP contribution in [0.3, 0.4) is 0 Å². The summed E-state index contributed by atoms with van der Waals surface area (Å²) < 4.78 is 7.02. The summed E-state index contributed by atoms with van der Waals surface area (Å²) in [5, 5.41) is 15.5. The molecule has 32 heavy (non-hydrogen) atoms. The number of amides is 1. The number of ether oxygens (including phenoxy) is 1. The number of carbonyl (C=O) groups excluding carboxylic acids is 1. The van der Waals surface area contributed by atoms with Gasteiger partial charge in [0, 0.05) is 10.2 Å². The predicted molar refractivity (Wildman–Crippen MR) is 124 cm³/mol. The molecule has 0 spiro atoms. The van der Waals surface area contributed by atoms with E-state index in [4.69, 9.17) is 16.3 Å². The first kappa shape index (κ1) is 21.9. The van der Waals surface area contributed by atoms with Crippen molar-refractivity contribution in [2.45, 2.75) is 19.4 Å². The minimum absolute atomic E-state index is 0.113. The molecule has 0 unspecified atom stereocenters. The Labute approximate surface area is 197 Å². The third-order valence-corrected chi connectivity index (χ3v) is 5.42. The van der Waals surface area contributed by atoms with Crippen molar-refractivity contribution in [3.63, 3.8) is 0 Å². The summed E-state index contributed by atoms with van der Waals surface area (Å²) >= 11 is 9.78. The van der Waals surface area contributed by atoms with E-state index in [0.717, 1.165) is 27.0 Å². The van der Waals surface area contributed by atoms with Crippen LogP contribution in [0.1, 0.15) is 27.2 Å². The lowest BCUT2D eigenvalue weighted by Gasteiger charge is -2.13. The molecule has 4 rings (SSSR count). The van der Waals surface area contributed by atoms with Crippen LogP contribution in [0, 0.1) is 0 Å². The number of tetrazole rings is 1. The second-order valence-electron chi connectivity index (χ2n) is 6.87. The van der Waals surface area contributed by atoms with Crippen molar-refractivity contribution in [3.05, 3.63) is 92.7 Å². The van der Waals surface area contributed by atoms with Gasteiger partial charge in [0.05, 0.1) is 5.56 Å². The predicted octanol–water partition coefficient (Wildman–Crippen LogP) is 4.63. The van der Waals surface area contributed by atoms with Gasteiger partial charge >= 0.3 is 0 Å². The average molecular weight is 514 g/mol. The SMILES string of the molecule is O=C(Nc1nnn[nH]1)c1ccc(CCc2cc(Br)ccc2OCc2ccccc2)nc1Cl. The molecule has 2 heterocycles. The summed E-state index contributed by atoms with van der Waals surface area (Å²) in [6.07, 6.45) is 1.33. The summed E-state index contributed by atoms with van der Waals surface area (Å²) in [4.78, 5) is 16.7. The summed E-state index contributed by atoms with van der Waals surface area (Å²) in [5.74, 6) is 0.504. The molecule has 1 amide bonds. The van der Waals surface area contributed by atoms with Crippen molar-refractivity contribution in [3.8, 4) is 5.75 Å². The number of anilines is 1. The number of H-pyrrole nitrogens is 1. The highest BCUT2D eigenvalue weighted by atomic mass is 79.9. The van der Waals surface area contributed by atoms with E-state index < -0.39 is 5.91 Å². The highest BCUT2D eigenvalue weighted by molar-refractivity contribution is 9.10. The van der Waals surface area contributed by atoms with Gasteiger partial charge in [0.2, 0.25) is 5.95 Å². The van der Waals surface area contributed by atoms with Gasteiger partial charge in [-0.2, -0.15) is 0 Å². The van der Waals surface area contributed by atoms with E-state index in [9.17, 15) is 4.79 Å². The molecule has 0 saturated carbocycles. The quantitative estimate of drug-likeness (QED) is 0.333. The molecule has 0 fully saturated rings. The summed E-state index contributed by atoms with van der Waals surface area (Å²) in [6.45, 7) is 0.490. The summed E-state index contributed by atoms with van der Waals surface area (Å²) in [7, 11) is 0. The van der Waals surface area contributed by atoms with Crippen molar-refractivity contribution in [2.75, 3.05) is 5.32 Å². The molecule has 8 nitrogen and oxygen atoms in total. The maximum atomic E-state index is 12.3. The van der Waals surface area contributed by atoms with Crippen LogP contribution in [0.4, 0.5) is 5.95 Å². The largest absolute Gasteiger partial charge is 0.489 e. The van der Waals surface area contributed by atoms with Crippen LogP contribution in [0.2, 0.25) is 5.15 Å². The van der Waals surface area contributed by atoms with Gasteiger partial charge in [-0.25, -0.2) is 10.1 Å². The maximum Gasteiger partial charge on any atom is 0.261 e. The smallest absolute Gasteiger partial charge is 0.261 e. The minimum atomic E-state index is -0.448. The van der Waals surface area contributed by atoms with Gasteiger partial charge in [-0.1, -0.05) is 63.0 Å². The van der Waals surface area contributed by atoms with Gasteiger partial charge in [-0.05, 0) is 64.7 Å². The van der Waals surface area contributed by atoms with E-state index in [-0.39, 0.29) is 16.7 Å². The first-order chi connectivity index (χ1) is 15.6. The molecule has 4 aromatic rings. The topological polar surface area (TPSA) is 106 Å². The molecule has 0 saturated heterocycles. The minimum Gasteiger partial charge on any atom is -0.489 e. The van der Waals surface area contributed by atoms with E-state index in [1.54, 1.807) is 12.1 Å². The standard InChI is InChI=1S/C22H18BrClN6O2/c23-16-7-11-19(32-13-14-4-2-1-3-5-14)15(12-16)6-8-17-9-10-18(20(24)25-17)21(31)26-22-27-29-30-28-22/h1-5,7,9-12H,6,8,13H2,(H2,26,27,28,29,30,31). The van der Waals surface area contributed by atoms with Crippen LogP contribution in [-0.2, 0) is 19.4 Å². The van der Waals surface area contributed by atoms with E-state index in [1.807, 2.05) is 48.5 Å². The number of benzene rings is 2. The molecule has 0 radical (unpaired) electrons. The molecule has 2 aromatic carbocycles. The van der Waals surface area contributed by atoms with Gasteiger partial charge in [0.1, 0.15) is 17.5 Å². The normalized spacial score (nSPS) is 10.7. The third kappa shape index (κ3) is 5.68. The molecule has 0 bridgehead atoms. The zero-order chi connectivity index (χ0) is 22.3. The summed E-state index contributed by atoms with van der Waals surface area (Å²) in [5.41, 5.74) is 3.15. The number of hydrogen-bond acceptors (Lipinski definition) is 6. The van der Waals surface area contributed by atoms with Crippen molar-refractivity contribution in [2.24, 2.45) is 0 Å². The summed E-state index contributed by atoms with van der Waals surface area (Å²) in [6, 6.07) is 19.4. The number of nitrogens with zero attached hydrogens (tertiary/aromatic N) is 4. The fraction of sp³-hybridized carbons (Fsp3) is 0.136. The second kappa shape index (κ2) is 10.3. The Bertz CT molecular complexity index is 1200. The highest BCUT2D eigenvalue weighted by Crippen LogP contribution is 2.26. The van der Waals surface area contributed by atoms with E-state index >= 15 is 0 Å². The number of nitrogens with one attached hydrogen (secondary N) is 2. The number of aryl methyl sites for hydroxylation is 2. The van der Waals surface area contributed by atoms with Gasteiger partial charge in [0.25, 0.3) is 5.91 Å². The number of rotatable bonds is 8. The van der Waals surface area contributed by atoms with E-state index in [0.29, 0.717) is 19.4 Å². The van der Waals surface area contributed by atoms with Crippen LogP contribution in [0.5, 0.6) is 5.75 Å². The van der Waals surface area contributed by atoms with E-state index in [2.05, 4.69) is 46.9 Å². The van der Waals surface area contributed by atoms with Crippen molar-refractivity contribution >= 4 is 39.4 Å². The van der Waals surface area contributed by atoms with Crippen LogP contribution >= 0.6 is 27.5 Å². The van der Waals surface area contributed by atoms with Crippen LogP contribution in [-0.4, -0.2) is 31.5 Å². The van der Waals surface area contributed by atoms with Gasteiger partial charge in [-0.15, -0.1) is 0 Å². The van der Waals surface area contributed by atoms with Crippen LogP contribution in [0.15, 0.2) is 65.1 Å². The molecular weight excluding hydrogens is 496 g/mol. The number of carbonyl (C=O) groups is 1. The molecule has 162 valence electrons. The Kier molecular flexibility index (Phi) is 7.08. The Hall–Kier alpha value is -3.30. The Morgan fingerprint density at radius 3 is 2.69 bits per heavy atom. The molecule has 0 aliphatic rings. The van der Waals surface area contributed by atoms with Crippen LogP contribution in [0.25, 0.3) is 0 Å². The number of halogens is 2. The maximum absolute atomic E-state index is 12.3. The monoisotopic (exact) mass is 512 g/mol. The fourth-order valence-corrected chi connectivity index (χ4v) is 3.72. The number of pyridine rings is 1. The van der Waals surface area contributed by atoms with Crippen molar-refractivity contribution < 1.29 is 9.53 Å². The second-order valence-corrected chi connectivity index (χ2v) is 8.14. The molecule has 10 heteroatoms. The van der Waals surface area contributed by atoms with Gasteiger partial charge < -0.3 is 4.74 Å². The lowest BCUT2D eigenvalue weighted by Crippen LogP contribution is -2.14. The first-order valence-corrected chi connectivity index (χ1v) is 10.9. The highest BCUT2D eigenvalue weighted by Gasteiger charge is 2.14. The molecule has 2 aromatic heterocycles. The van der Waals surface area contributed by atoms with Crippen molar-refractivity contribution in [1.29, 1.82) is 0 Å². The Balaban J connectivity index is 1.42. The molecular formula is C22H18BrClN6O2. The van der Waals surface area contributed by atoms with Gasteiger partial charge in [-0.3, -0.25) is 10.1 Å². The zero-order valence-electron chi connectivity index (χ0n) is 16.8. The fourth-order valence-electron chi connectivity index (χ4n) is 3.05. The van der Waals surface area contributed by atoms with Crippen LogP contribution < -0.4 is 10.1 Å². The molecule has 0 aliphatic heterocycles. The lowest BCUT2D eigenvalue weighted by atomic mass is 10.1. The Morgan fingerprint density at radius 2 is 1.94 bits per heavy atom.